The highest BCUT2D eigenvalue weighted by Gasteiger charge is 2.19. The SMILES string of the molecule is COc1cccc(NC(=O)[C@@H](C)OC(=O)CCc2cc(OC)c(OC)c(OC)c2)c1. The number of methoxy groups -OCH3 is 4. The maximum absolute atomic E-state index is 12.3. The number of aryl methyl sites for hydroxylation is 1. The lowest BCUT2D eigenvalue weighted by atomic mass is 10.1. The Morgan fingerprint density at radius 1 is 0.933 bits per heavy atom. The van der Waals surface area contributed by atoms with Crippen LogP contribution < -0.4 is 24.3 Å². The second-order valence-corrected chi connectivity index (χ2v) is 6.39. The van der Waals surface area contributed by atoms with Gasteiger partial charge in [0.1, 0.15) is 5.75 Å². The molecule has 2 aromatic rings. The van der Waals surface area contributed by atoms with Crippen LogP contribution in [0.25, 0.3) is 0 Å². The molecule has 2 rings (SSSR count). The van der Waals surface area contributed by atoms with E-state index in [2.05, 4.69) is 5.32 Å². The molecule has 162 valence electrons. The summed E-state index contributed by atoms with van der Waals surface area (Å²) in [4.78, 5) is 24.5. The maximum Gasteiger partial charge on any atom is 0.306 e. The van der Waals surface area contributed by atoms with Crippen LogP contribution in [0, 0.1) is 0 Å². The molecule has 0 saturated heterocycles. The molecule has 30 heavy (non-hydrogen) atoms. The Morgan fingerprint density at radius 3 is 2.17 bits per heavy atom. The molecule has 8 heteroatoms. The van der Waals surface area contributed by atoms with Crippen molar-refractivity contribution in [1.29, 1.82) is 0 Å². The van der Waals surface area contributed by atoms with Crippen molar-refractivity contribution in [2.75, 3.05) is 33.8 Å². The van der Waals surface area contributed by atoms with E-state index in [1.165, 1.54) is 28.3 Å². The maximum atomic E-state index is 12.3. The molecule has 2 aromatic carbocycles. The van der Waals surface area contributed by atoms with Gasteiger partial charge < -0.3 is 29.0 Å². The van der Waals surface area contributed by atoms with E-state index in [0.29, 0.717) is 35.1 Å². The fraction of sp³-hybridized carbons (Fsp3) is 0.364. The molecule has 0 aliphatic rings. The number of carbonyl (C=O) groups excluding carboxylic acids is 2. The van der Waals surface area contributed by atoms with Gasteiger partial charge in [-0.25, -0.2) is 0 Å². The molecule has 0 heterocycles. The number of benzene rings is 2. The van der Waals surface area contributed by atoms with Crippen LogP contribution in [-0.2, 0) is 20.7 Å². The highest BCUT2D eigenvalue weighted by Crippen LogP contribution is 2.38. The van der Waals surface area contributed by atoms with Crippen molar-refractivity contribution >= 4 is 17.6 Å². The van der Waals surface area contributed by atoms with Crippen LogP contribution in [0.1, 0.15) is 18.9 Å². The van der Waals surface area contributed by atoms with E-state index in [1.807, 2.05) is 0 Å². The third-order valence-electron chi connectivity index (χ3n) is 4.36. The molecule has 8 nitrogen and oxygen atoms in total. The summed E-state index contributed by atoms with van der Waals surface area (Å²) in [5, 5.41) is 2.70. The van der Waals surface area contributed by atoms with Crippen molar-refractivity contribution in [3.05, 3.63) is 42.0 Å². The summed E-state index contributed by atoms with van der Waals surface area (Å²) in [6, 6.07) is 10.5. The lowest BCUT2D eigenvalue weighted by molar-refractivity contribution is -0.153. The molecule has 0 aliphatic carbocycles. The Balaban J connectivity index is 1.93. The summed E-state index contributed by atoms with van der Waals surface area (Å²) >= 11 is 0. The first-order valence-electron chi connectivity index (χ1n) is 9.35. The molecule has 1 amide bonds. The first kappa shape index (κ1) is 22.9. The van der Waals surface area contributed by atoms with Gasteiger partial charge >= 0.3 is 5.97 Å². The van der Waals surface area contributed by atoms with Crippen molar-refractivity contribution in [2.45, 2.75) is 25.9 Å². The second kappa shape index (κ2) is 10.9. The molecule has 1 N–H and O–H groups in total. The fourth-order valence-electron chi connectivity index (χ4n) is 2.78. The average Bonchev–Trinajstić information content (AvgIpc) is 2.76. The Morgan fingerprint density at radius 2 is 1.60 bits per heavy atom. The number of hydrogen-bond acceptors (Lipinski definition) is 7. The molecule has 0 radical (unpaired) electrons. The number of esters is 1. The lowest BCUT2D eigenvalue weighted by Crippen LogP contribution is -2.30. The van der Waals surface area contributed by atoms with Gasteiger partial charge in [0.25, 0.3) is 5.91 Å². The third-order valence-corrected chi connectivity index (χ3v) is 4.36. The minimum absolute atomic E-state index is 0.0927. The van der Waals surface area contributed by atoms with Crippen molar-refractivity contribution in [2.24, 2.45) is 0 Å². The molecule has 1 atom stereocenters. The van der Waals surface area contributed by atoms with Gasteiger partial charge in [0, 0.05) is 18.2 Å². The quantitative estimate of drug-likeness (QED) is 0.594. The Labute approximate surface area is 176 Å². The van der Waals surface area contributed by atoms with E-state index in [4.69, 9.17) is 23.7 Å². The molecular weight excluding hydrogens is 390 g/mol. The predicted molar refractivity (Wildman–Crippen MR) is 112 cm³/mol. The Kier molecular flexibility index (Phi) is 8.34. The fourth-order valence-corrected chi connectivity index (χ4v) is 2.78. The lowest BCUT2D eigenvalue weighted by Gasteiger charge is -2.15. The number of carbonyl (C=O) groups is 2. The highest BCUT2D eigenvalue weighted by molar-refractivity contribution is 5.95. The third kappa shape index (κ3) is 6.04. The molecule has 0 aromatic heterocycles. The molecular formula is C22H27NO7. The zero-order valence-electron chi connectivity index (χ0n) is 17.8. The topological polar surface area (TPSA) is 92.3 Å². The Hall–Kier alpha value is -3.42. The minimum atomic E-state index is -0.941. The van der Waals surface area contributed by atoms with E-state index in [1.54, 1.807) is 43.5 Å². The van der Waals surface area contributed by atoms with E-state index in [-0.39, 0.29) is 6.42 Å². The highest BCUT2D eigenvalue weighted by atomic mass is 16.5. The van der Waals surface area contributed by atoms with Crippen molar-refractivity contribution < 1.29 is 33.3 Å². The summed E-state index contributed by atoms with van der Waals surface area (Å²) < 4.78 is 26.3. The molecule has 0 saturated carbocycles. The number of amides is 1. The molecule has 0 unspecified atom stereocenters. The van der Waals surface area contributed by atoms with Crippen LogP contribution in [0.3, 0.4) is 0 Å². The minimum Gasteiger partial charge on any atom is -0.497 e. The van der Waals surface area contributed by atoms with E-state index < -0.39 is 18.0 Å². The second-order valence-electron chi connectivity index (χ2n) is 6.39. The monoisotopic (exact) mass is 417 g/mol. The Bertz CT molecular complexity index is 857. The predicted octanol–water partition coefficient (Wildman–Crippen LogP) is 3.22. The van der Waals surface area contributed by atoms with Crippen LogP contribution in [0.2, 0.25) is 0 Å². The van der Waals surface area contributed by atoms with Gasteiger partial charge in [-0.2, -0.15) is 0 Å². The average molecular weight is 417 g/mol. The van der Waals surface area contributed by atoms with Crippen LogP contribution in [0.5, 0.6) is 23.0 Å². The van der Waals surface area contributed by atoms with Crippen LogP contribution in [0.15, 0.2) is 36.4 Å². The zero-order valence-corrected chi connectivity index (χ0v) is 17.8. The van der Waals surface area contributed by atoms with Crippen LogP contribution >= 0.6 is 0 Å². The van der Waals surface area contributed by atoms with Crippen molar-refractivity contribution in [3.63, 3.8) is 0 Å². The molecule has 0 bridgehead atoms. The number of hydrogen-bond donors (Lipinski definition) is 1. The van der Waals surface area contributed by atoms with E-state index >= 15 is 0 Å². The van der Waals surface area contributed by atoms with Crippen LogP contribution in [0.4, 0.5) is 5.69 Å². The largest absolute Gasteiger partial charge is 0.497 e. The normalized spacial score (nSPS) is 11.2. The first-order chi connectivity index (χ1) is 14.4. The number of rotatable bonds is 10. The summed E-state index contributed by atoms with van der Waals surface area (Å²) in [6.07, 6.45) is -0.460. The van der Waals surface area contributed by atoms with Gasteiger partial charge in [0.2, 0.25) is 5.75 Å². The van der Waals surface area contributed by atoms with E-state index in [0.717, 1.165) is 5.56 Å². The van der Waals surface area contributed by atoms with Crippen molar-refractivity contribution in [3.8, 4) is 23.0 Å². The first-order valence-corrected chi connectivity index (χ1v) is 9.35. The standard InChI is InChI=1S/C22H27NO7/c1-14(22(25)23-16-7-6-8-17(13-16)26-2)30-20(24)10-9-15-11-18(27-3)21(29-5)19(12-15)28-4/h6-8,11-14H,9-10H2,1-5H3,(H,23,25)/t14-/m1/s1. The van der Waals surface area contributed by atoms with Gasteiger partial charge in [0.05, 0.1) is 28.4 Å². The smallest absolute Gasteiger partial charge is 0.306 e. The van der Waals surface area contributed by atoms with Gasteiger partial charge in [-0.1, -0.05) is 6.07 Å². The summed E-state index contributed by atoms with van der Waals surface area (Å²) in [5.41, 5.74) is 1.37. The summed E-state index contributed by atoms with van der Waals surface area (Å²) in [6.45, 7) is 1.52. The number of anilines is 1. The molecule has 0 fully saturated rings. The van der Waals surface area contributed by atoms with Crippen LogP contribution in [-0.4, -0.2) is 46.4 Å². The van der Waals surface area contributed by atoms with Gasteiger partial charge in [-0.15, -0.1) is 0 Å². The van der Waals surface area contributed by atoms with Crippen molar-refractivity contribution in [1.82, 2.24) is 0 Å². The summed E-state index contributed by atoms with van der Waals surface area (Å²) in [7, 11) is 6.12. The molecule has 0 aliphatic heterocycles. The zero-order chi connectivity index (χ0) is 22.1. The van der Waals surface area contributed by atoms with Gasteiger partial charge in [-0.05, 0) is 43.2 Å². The number of ether oxygens (including phenoxy) is 5. The van der Waals surface area contributed by atoms with Gasteiger partial charge in [-0.3, -0.25) is 9.59 Å². The molecule has 0 spiro atoms. The number of nitrogens with one attached hydrogen (secondary N) is 1. The van der Waals surface area contributed by atoms with E-state index in [9.17, 15) is 9.59 Å². The van der Waals surface area contributed by atoms with Gasteiger partial charge in [0.15, 0.2) is 17.6 Å². The summed E-state index contributed by atoms with van der Waals surface area (Å²) in [5.74, 6) is 1.19.